The van der Waals surface area contributed by atoms with Crippen molar-refractivity contribution in [2.24, 2.45) is 5.92 Å². The van der Waals surface area contributed by atoms with Crippen LogP contribution in [-0.4, -0.2) is 49.7 Å². The van der Waals surface area contributed by atoms with Crippen molar-refractivity contribution in [2.45, 2.75) is 32.7 Å². The molecule has 4 nitrogen and oxygen atoms in total. The Hall–Kier alpha value is -0.330. The molecule has 1 fully saturated rings. The van der Waals surface area contributed by atoms with Crippen LogP contribution in [0, 0.1) is 5.92 Å². The molecule has 23 heavy (non-hydrogen) atoms. The Labute approximate surface area is 152 Å². The highest BCUT2D eigenvalue weighted by Crippen LogP contribution is 2.31. The van der Waals surface area contributed by atoms with Crippen LogP contribution in [0.2, 0.25) is 8.67 Å². The smallest absolute Gasteiger partial charge is 0.253 e. The van der Waals surface area contributed by atoms with Crippen molar-refractivity contribution >= 4 is 40.4 Å². The topological polar surface area (TPSA) is 41.6 Å². The number of morpholine rings is 1. The van der Waals surface area contributed by atoms with Gasteiger partial charge in [0.15, 0.2) is 0 Å². The fourth-order valence-electron chi connectivity index (χ4n) is 3.12. The van der Waals surface area contributed by atoms with Crippen LogP contribution in [0.5, 0.6) is 0 Å². The lowest BCUT2D eigenvalue weighted by atomic mass is 9.92. The summed E-state index contributed by atoms with van der Waals surface area (Å²) in [5.41, 5.74) is 0.465. The molecule has 0 saturated carbocycles. The first-order valence-electron chi connectivity index (χ1n) is 8.11. The molecule has 1 aliphatic heterocycles. The zero-order valence-electron chi connectivity index (χ0n) is 13.6. The molecule has 1 aromatic rings. The summed E-state index contributed by atoms with van der Waals surface area (Å²) in [4.78, 5) is 14.8. The Morgan fingerprint density at radius 2 is 2.00 bits per heavy atom. The fraction of sp³-hybridized carbons (Fsp3) is 0.688. The molecule has 130 valence electrons. The second-order valence-corrected chi connectivity index (χ2v) is 8.03. The van der Waals surface area contributed by atoms with Crippen LogP contribution in [0.3, 0.4) is 0 Å². The van der Waals surface area contributed by atoms with Gasteiger partial charge in [-0.2, -0.15) is 0 Å². The van der Waals surface area contributed by atoms with Crippen LogP contribution in [0.25, 0.3) is 0 Å². The fourth-order valence-corrected chi connectivity index (χ4v) is 4.58. The number of rotatable bonds is 7. The van der Waals surface area contributed by atoms with Gasteiger partial charge in [-0.05, 0) is 12.0 Å². The third-order valence-electron chi connectivity index (χ3n) is 4.48. The van der Waals surface area contributed by atoms with Gasteiger partial charge in [-0.3, -0.25) is 9.69 Å². The molecule has 0 radical (unpaired) electrons. The lowest BCUT2D eigenvalue weighted by molar-refractivity contribution is 0.00191. The van der Waals surface area contributed by atoms with Gasteiger partial charge in [-0.1, -0.05) is 49.9 Å². The van der Waals surface area contributed by atoms with E-state index in [0.717, 1.165) is 39.1 Å². The number of carbonyl (C=O) groups excluding carboxylic acids is 1. The molecule has 0 aliphatic carbocycles. The van der Waals surface area contributed by atoms with E-state index in [1.807, 2.05) is 0 Å². The summed E-state index contributed by atoms with van der Waals surface area (Å²) in [6.45, 7) is 8.39. The Balaban J connectivity index is 2.02. The summed E-state index contributed by atoms with van der Waals surface area (Å²) in [6, 6.07) is 1.95. The summed E-state index contributed by atoms with van der Waals surface area (Å²) in [6.07, 6.45) is 2.19. The maximum absolute atomic E-state index is 12.4. The number of halogens is 2. The van der Waals surface area contributed by atoms with Crippen LogP contribution in [0.15, 0.2) is 6.07 Å². The molecule has 0 aromatic carbocycles. The molecule has 1 saturated heterocycles. The van der Waals surface area contributed by atoms with Gasteiger partial charge in [0, 0.05) is 25.7 Å². The van der Waals surface area contributed by atoms with E-state index in [4.69, 9.17) is 27.9 Å². The normalized spacial score (nSPS) is 17.4. The van der Waals surface area contributed by atoms with E-state index in [9.17, 15) is 4.79 Å². The van der Waals surface area contributed by atoms with Gasteiger partial charge in [0.05, 0.1) is 23.1 Å². The minimum Gasteiger partial charge on any atom is -0.379 e. The van der Waals surface area contributed by atoms with Crippen molar-refractivity contribution in [1.82, 2.24) is 10.2 Å². The summed E-state index contributed by atoms with van der Waals surface area (Å²) < 4.78 is 6.43. The lowest BCUT2D eigenvalue weighted by Gasteiger charge is -2.38. The molecule has 1 atom stereocenters. The summed E-state index contributed by atoms with van der Waals surface area (Å²) >= 11 is 13.2. The van der Waals surface area contributed by atoms with Crippen LogP contribution < -0.4 is 5.32 Å². The van der Waals surface area contributed by atoms with Crippen LogP contribution in [0.1, 0.15) is 37.0 Å². The van der Waals surface area contributed by atoms with E-state index in [1.54, 1.807) is 6.07 Å². The van der Waals surface area contributed by atoms with Crippen molar-refractivity contribution in [3.05, 3.63) is 20.3 Å². The second kappa shape index (κ2) is 9.23. The minimum atomic E-state index is -0.151. The van der Waals surface area contributed by atoms with Crippen LogP contribution in [0.4, 0.5) is 0 Å². The summed E-state index contributed by atoms with van der Waals surface area (Å²) in [5, 5.41) is 3.04. The maximum Gasteiger partial charge on any atom is 0.253 e. The monoisotopic (exact) mass is 378 g/mol. The van der Waals surface area contributed by atoms with Crippen molar-refractivity contribution in [2.75, 3.05) is 32.8 Å². The molecule has 1 unspecified atom stereocenters. The average Bonchev–Trinajstić information content (AvgIpc) is 2.90. The van der Waals surface area contributed by atoms with Crippen molar-refractivity contribution in [3.63, 3.8) is 0 Å². The number of ether oxygens (including phenoxy) is 1. The van der Waals surface area contributed by atoms with Crippen molar-refractivity contribution in [1.29, 1.82) is 0 Å². The first-order chi connectivity index (χ1) is 11.1. The largest absolute Gasteiger partial charge is 0.379 e. The van der Waals surface area contributed by atoms with Gasteiger partial charge in [-0.15, -0.1) is 11.3 Å². The Morgan fingerprint density at radius 1 is 1.35 bits per heavy atom. The number of thiophene rings is 1. The number of hydrogen-bond acceptors (Lipinski definition) is 4. The van der Waals surface area contributed by atoms with E-state index >= 15 is 0 Å². The molecular formula is C16H24Cl2N2O2S. The van der Waals surface area contributed by atoms with Crippen LogP contribution in [-0.2, 0) is 4.74 Å². The number of carbonyl (C=O) groups is 1. The first-order valence-corrected chi connectivity index (χ1v) is 9.68. The predicted molar refractivity (Wildman–Crippen MR) is 96.9 cm³/mol. The molecule has 0 bridgehead atoms. The summed E-state index contributed by atoms with van der Waals surface area (Å²) in [7, 11) is 0. The zero-order chi connectivity index (χ0) is 16.8. The van der Waals surface area contributed by atoms with Gasteiger partial charge < -0.3 is 10.1 Å². The number of amides is 1. The van der Waals surface area contributed by atoms with Gasteiger partial charge in [0.2, 0.25) is 0 Å². The Bertz CT molecular complexity index is 514. The lowest BCUT2D eigenvalue weighted by Crippen LogP contribution is -2.52. The molecule has 7 heteroatoms. The van der Waals surface area contributed by atoms with Gasteiger partial charge in [0.25, 0.3) is 5.91 Å². The first kappa shape index (κ1) is 19.0. The van der Waals surface area contributed by atoms with Gasteiger partial charge >= 0.3 is 0 Å². The van der Waals surface area contributed by atoms with Crippen molar-refractivity contribution in [3.8, 4) is 0 Å². The molecule has 1 aromatic heterocycles. The van der Waals surface area contributed by atoms with E-state index in [-0.39, 0.29) is 5.91 Å². The van der Waals surface area contributed by atoms with E-state index in [1.165, 1.54) is 11.3 Å². The van der Waals surface area contributed by atoms with E-state index in [0.29, 0.717) is 32.7 Å². The summed E-state index contributed by atoms with van der Waals surface area (Å²) in [5.74, 6) is 0.400. The quantitative estimate of drug-likeness (QED) is 0.781. The predicted octanol–water partition coefficient (Wildman–Crippen LogP) is 3.92. The highest BCUT2D eigenvalue weighted by molar-refractivity contribution is 7.20. The average molecular weight is 379 g/mol. The molecule has 2 heterocycles. The van der Waals surface area contributed by atoms with E-state index < -0.39 is 0 Å². The Kier molecular flexibility index (Phi) is 7.63. The molecular weight excluding hydrogens is 355 g/mol. The zero-order valence-corrected chi connectivity index (χ0v) is 15.9. The van der Waals surface area contributed by atoms with Gasteiger partial charge in [0.1, 0.15) is 4.34 Å². The third kappa shape index (κ3) is 5.07. The molecule has 0 spiro atoms. The number of hydrogen-bond donors (Lipinski definition) is 1. The van der Waals surface area contributed by atoms with Gasteiger partial charge in [-0.25, -0.2) is 0 Å². The molecule has 1 amide bonds. The Morgan fingerprint density at radius 3 is 2.52 bits per heavy atom. The SMILES string of the molecule is CCC(CC)C(CNC(=O)c1cc(Cl)sc1Cl)N1CCOCC1. The number of nitrogens with one attached hydrogen (secondary N) is 1. The molecule has 1 N–H and O–H groups in total. The highest BCUT2D eigenvalue weighted by atomic mass is 35.5. The molecule has 2 rings (SSSR count). The minimum absolute atomic E-state index is 0.151. The standard InChI is InChI=1S/C16H24Cl2N2O2S/c1-3-11(4-2)13(20-5-7-22-8-6-20)10-19-16(21)12-9-14(17)23-15(12)18/h9,11,13H,3-8,10H2,1-2H3,(H,19,21). The van der Waals surface area contributed by atoms with Crippen molar-refractivity contribution < 1.29 is 9.53 Å². The maximum atomic E-state index is 12.4. The number of nitrogens with zero attached hydrogens (tertiary/aromatic N) is 1. The van der Waals surface area contributed by atoms with E-state index in [2.05, 4.69) is 24.1 Å². The highest BCUT2D eigenvalue weighted by Gasteiger charge is 2.27. The van der Waals surface area contributed by atoms with Crippen LogP contribution >= 0.6 is 34.5 Å². The molecule has 1 aliphatic rings. The third-order valence-corrected chi connectivity index (χ3v) is 5.97. The second-order valence-electron chi connectivity index (χ2n) is 5.74.